The minimum Gasteiger partial charge on any atom is -0.423 e. The highest BCUT2D eigenvalue weighted by Crippen LogP contribution is 2.19. The van der Waals surface area contributed by atoms with Crippen molar-refractivity contribution in [3.8, 4) is 0 Å². The van der Waals surface area contributed by atoms with Gasteiger partial charge in [0.2, 0.25) is 0 Å². The summed E-state index contributed by atoms with van der Waals surface area (Å²) in [6.45, 7) is 4.56. The highest BCUT2D eigenvalue weighted by molar-refractivity contribution is 6.58. The maximum Gasteiger partial charge on any atom is 0.488 e. The monoisotopic (exact) mass is 287 g/mol. The largest absolute Gasteiger partial charge is 0.488 e. The van der Waals surface area contributed by atoms with Gasteiger partial charge in [0, 0.05) is 19.3 Å². The molecule has 21 heavy (non-hydrogen) atoms. The molecule has 2 aromatic carbocycles. The Balaban J connectivity index is 2.24. The second-order valence-electron chi connectivity index (χ2n) is 5.47. The molecule has 0 amide bonds. The molecule has 2 aromatic rings. The van der Waals surface area contributed by atoms with E-state index < -0.39 is 12.9 Å². The molecular weight excluding hydrogens is 268 g/mol. The number of aryl methyl sites for hydroxylation is 2. The van der Waals surface area contributed by atoms with E-state index in [-0.39, 0.29) is 5.46 Å². The first kappa shape index (κ1) is 15.5. The fourth-order valence-corrected chi connectivity index (χ4v) is 2.45. The van der Waals surface area contributed by atoms with Gasteiger partial charge in [0.25, 0.3) is 0 Å². The summed E-state index contributed by atoms with van der Waals surface area (Å²) in [6, 6.07) is 10.4. The summed E-state index contributed by atoms with van der Waals surface area (Å²) in [5.41, 5.74) is 4.24. The van der Waals surface area contributed by atoms with Crippen LogP contribution in [0.1, 0.15) is 16.7 Å². The van der Waals surface area contributed by atoms with E-state index in [1.165, 1.54) is 17.2 Å². The normalized spacial score (nSPS) is 10.6. The summed E-state index contributed by atoms with van der Waals surface area (Å²) in [6.07, 6.45) is 0. The van der Waals surface area contributed by atoms with Gasteiger partial charge in [-0.2, -0.15) is 0 Å². The lowest BCUT2D eigenvalue weighted by molar-refractivity contribution is 0.425. The Morgan fingerprint density at radius 3 is 2.19 bits per heavy atom. The lowest BCUT2D eigenvalue weighted by Gasteiger charge is -2.21. The minimum atomic E-state index is -1.66. The highest BCUT2D eigenvalue weighted by Gasteiger charge is 2.14. The van der Waals surface area contributed by atoms with Gasteiger partial charge in [0.1, 0.15) is 5.82 Å². The molecule has 0 aromatic heterocycles. The van der Waals surface area contributed by atoms with Crippen LogP contribution in [0.3, 0.4) is 0 Å². The van der Waals surface area contributed by atoms with E-state index in [9.17, 15) is 14.4 Å². The number of anilines is 1. The van der Waals surface area contributed by atoms with Gasteiger partial charge in [-0.05, 0) is 60.3 Å². The molecule has 0 atom stereocenters. The molecule has 0 saturated carbocycles. The van der Waals surface area contributed by atoms with Crippen LogP contribution in [0.5, 0.6) is 0 Å². The molecule has 2 rings (SSSR count). The average Bonchev–Trinajstić information content (AvgIpc) is 2.36. The molecule has 3 nitrogen and oxygen atoms in total. The molecular formula is C16H19BFNO2. The molecule has 0 aliphatic rings. The van der Waals surface area contributed by atoms with Crippen molar-refractivity contribution in [2.24, 2.45) is 0 Å². The third-order valence-electron chi connectivity index (χ3n) is 3.35. The van der Waals surface area contributed by atoms with Crippen LogP contribution in [-0.2, 0) is 6.54 Å². The lowest BCUT2D eigenvalue weighted by atomic mass is 9.79. The fourth-order valence-electron chi connectivity index (χ4n) is 2.45. The first-order chi connectivity index (χ1) is 9.85. The van der Waals surface area contributed by atoms with E-state index in [1.807, 2.05) is 25.8 Å². The van der Waals surface area contributed by atoms with Gasteiger partial charge in [-0.3, -0.25) is 0 Å². The smallest absolute Gasteiger partial charge is 0.423 e. The number of hydrogen-bond acceptors (Lipinski definition) is 3. The predicted molar refractivity (Wildman–Crippen MR) is 84.2 cm³/mol. The summed E-state index contributed by atoms with van der Waals surface area (Å²) in [5.74, 6) is -0.468. The van der Waals surface area contributed by atoms with Crippen molar-refractivity contribution in [1.82, 2.24) is 0 Å². The summed E-state index contributed by atoms with van der Waals surface area (Å²) in [4.78, 5) is 2.00. The molecule has 110 valence electrons. The molecule has 5 heteroatoms. The predicted octanol–water partition coefficient (Wildman–Crippen LogP) is 1.76. The Morgan fingerprint density at radius 2 is 1.62 bits per heavy atom. The van der Waals surface area contributed by atoms with Crippen LogP contribution in [-0.4, -0.2) is 24.2 Å². The van der Waals surface area contributed by atoms with Gasteiger partial charge in [0.05, 0.1) is 0 Å². The van der Waals surface area contributed by atoms with Crippen LogP contribution in [0.4, 0.5) is 10.1 Å². The van der Waals surface area contributed by atoms with Crippen molar-refractivity contribution in [1.29, 1.82) is 0 Å². The highest BCUT2D eigenvalue weighted by atomic mass is 19.1. The van der Waals surface area contributed by atoms with Gasteiger partial charge < -0.3 is 14.9 Å². The van der Waals surface area contributed by atoms with Crippen LogP contribution >= 0.6 is 0 Å². The zero-order chi connectivity index (χ0) is 15.6. The third kappa shape index (κ3) is 4.06. The van der Waals surface area contributed by atoms with Crippen LogP contribution < -0.4 is 10.4 Å². The van der Waals surface area contributed by atoms with Crippen molar-refractivity contribution >= 4 is 18.3 Å². The van der Waals surface area contributed by atoms with E-state index in [4.69, 9.17) is 0 Å². The van der Waals surface area contributed by atoms with E-state index in [0.29, 0.717) is 12.1 Å². The van der Waals surface area contributed by atoms with Gasteiger partial charge in [-0.25, -0.2) is 4.39 Å². The Morgan fingerprint density at radius 1 is 1.00 bits per heavy atom. The SMILES string of the molecule is Cc1cc(C)cc(N(C)Cc2cc(F)cc(B(O)O)c2)c1. The Kier molecular flexibility index (Phi) is 4.65. The minimum absolute atomic E-state index is 0.166. The quantitative estimate of drug-likeness (QED) is 0.842. The van der Waals surface area contributed by atoms with Crippen molar-refractivity contribution in [3.05, 3.63) is 58.9 Å². The standard InChI is InChI=1S/C16H19BFNO2/c1-11-4-12(2)6-16(5-11)19(3)10-13-7-14(17(20)21)9-15(18)8-13/h4-9,20-21H,10H2,1-3H3. The number of halogens is 1. The van der Waals surface area contributed by atoms with Gasteiger partial charge >= 0.3 is 7.12 Å². The van der Waals surface area contributed by atoms with E-state index in [1.54, 1.807) is 6.07 Å². The van der Waals surface area contributed by atoms with Crippen LogP contribution in [0.2, 0.25) is 0 Å². The van der Waals surface area contributed by atoms with Gasteiger partial charge in [-0.15, -0.1) is 0 Å². The molecule has 0 saturated heterocycles. The molecule has 0 aliphatic heterocycles. The molecule has 0 spiro atoms. The number of rotatable bonds is 4. The molecule has 0 aliphatic carbocycles. The lowest BCUT2D eigenvalue weighted by Crippen LogP contribution is -2.31. The summed E-state index contributed by atoms with van der Waals surface area (Å²) in [5, 5.41) is 18.3. The molecule has 0 radical (unpaired) electrons. The summed E-state index contributed by atoms with van der Waals surface area (Å²) in [7, 11) is 0.264. The second kappa shape index (κ2) is 6.29. The van der Waals surface area contributed by atoms with E-state index in [0.717, 1.165) is 11.8 Å². The maximum atomic E-state index is 13.5. The van der Waals surface area contributed by atoms with Crippen molar-refractivity contribution in [2.45, 2.75) is 20.4 Å². The van der Waals surface area contributed by atoms with Crippen LogP contribution in [0.25, 0.3) is 0 Å². The molecule has 0 bridgehead atoms. The van der Waals surface area contributed by atoms with Crippen molar-refractivity contribution in [3.63, 3.8) is 0 Å². The summed E-state index contributed by atoms with van der Waals surface area (Å²) >= 11 is 0. The number of benzene rings is 2. The summed E-state index contributed by atoms with van der Waals surface area (Å²) < 4.78 is 13.5. The first-order valence-corrected chi connectivity index (χ1v) is 6.80. The number of nitrogens with zero attached hydrogens (tertiary/aromatic N) is 1. The zero-order valence-corrected chi connectivity index (χ0v) is 12.5. The van der Waals surface area contributed by atoms with Gasteiger partial charge in [0.15, 0.2) is 0 Å². The molecule has 2 N–H and O–H groups in total. The molecule has 0 fully saturated rings. The maximum absolute atomic E-state index is 13.5. The Bertz CT molecular complexity index is 626. The topological polar surface area (TPSA) is 43.7 Å². The van der Waals surface area contributed by atoms with Crippen LogP contribution in [0.15, 0.2) is 36.4 Å². The van der Waals surface area contributed by atoms with E-state index >= 15 is 0 Å². The van der Waals surface area contributed by atoms with Crippen LogP contribution in [0, 0.1) is 19.7 Å². The third-order valence-corrected chi connectivity index (χ3v) is 3.35. The van der Waals surface area contributed by atoms with E-state index in [2.05, 4.69) is 18.2 Å². The molecule has 0 unspecified atom stereocenters. The Labute approximate surface area is 124 Å². The Hall–Kier alpha value is -1.85. The average molecular weight is 287 g/mol. The van der Waals surface area contributed by atoms with Crippen molar-refractivity contribution in [2.75, 3.05) is 11.9 Å². The van der Waals surface area contributed by atoms with Crippen molar-refractivity contribution < 1.29 is 14.4 Å². The zero-order valence-electron chi connectivity index (χ0n) is 12.5. The first-order valence-electron chi connectivity index (χ1n) is 6.80. The second-order valence-corrected chi connectivity index (χ2v) is 5.47. The fraction of sp³-hybridized carbons (Fsp3) is 0.250. The van der Waals surface area contributed by atoms with Gasteiger partial charge in [-0.1, -0.05) is 12.1 Å². The molecule has 0 heterocycles. The number of hydrogen-bond donors (Lipinski definition) is 2.